The third kappa shape index (κ3) is 4.47. The Bertz CT molecular complexity index is 1590. The molecule has 0 fully saturated rings. The van der Waals surface area contributed by atoms with Crippen LogP contribution >= 0.6 is 11.8 Å². The first-order valence-electron chi connectivity index (χ1n) is 11.3. The van der Waals surface area contributed by atoms with Crippen molar-refractivity contribution in [2.24, 2.45) is 0 Å². The van der Waals surface area contributed by atoms with Crippen LogP contribution in [-0.2, 0) is 5.75 Å². The van der Waals surface area contributed by atoms with Crippen LogP contribution < -0.4 is 10.4 Å². The number of nitrogens with zero attached hydrogens (tertiary/aromatic N) is 3. The van der Waals surface area contributed by atoms with Gasteiger partial charge in [0.1, 0.15) is 11.3 Å². The number of aromatic nitrogens is 3. The summed E-state index contributed by atoms with van der Waals surface area (Å²) in [6.07, 6.45) is 0. The highest BCUT2D eigenvalue weighted by molar-refractivity contribution is 7.98. The van der Waals surface area contributed by atoms with E-state index in [1.165, 1.54) is 17.3 Å². The molecule has 0 spiro atoms. The van der Waals surface area contributed by atoms with E-state index >= 15 is 0 Å². The number of ether oxygens (including phenoxy) is 1. The van der Waals surface area contributed by atoms with Gasteiger partial charge in [-0.15, -0.1) is 10.2 Å². The van der Waals surface area contributed by atoms with Gasteiger partial charge in [0.25, 0.3) is 0 Å². The van der Waals surface area contributed by atoms with Gasteiger partial charge in [0.2, 0.25) is 0 Å². The quantitative estimate of drug-likeness (QED) is 0.209. The molecule has 2 aromatic heterocycles. The average molecular weight is 484 g/mol. The molecule has 2 heterocycles. The number of hydrogen-bond donors (Lipinski definition) is 0. The Balaban J connectivity index is 1.58. The fourth-order valence-electron chi connectivity index (χ4n) is 4.03. The van der Waals surface area contributed by atoms with E-state index in [1.54, 1.807) is 13.2 Å². The zero-order valence-electron chi connectivity index (χ0n) is 20.0. The lowest BCUT2D eigenvalue weighted by Gasteiger charge is -2.12. The van der Waals surface area contributed by atoms with Gasteiger partial charge in [-0.25, -0.2) is 4.79 Å². The Morgan fingerprint density at radius 2 is 1.77 bits per heavy atom. The fraction of sp³-hybridized carbons (Fsp3) is 0.179. The molecule has 0 radical (unpaired) electrons. The lowest BCUT2D eigenvalue weighted by molar-refractivity contribution is 0.415. The molecule has 0 aliphatic heterocycles. The standard InChI is InChI=1S/C28H25N3O3S/c1-17-8-11-22(12-9-17)31-27(20-6-5-7-23(14-20)33-4)29-30-28(31)35-16-21-15-25(32)34-26-19(3)18(2)10-13-24(21)26/h5-15H,16H2,1-4H3. The summed E-state index contributed by atoms with van der Waals surface area (Å²) in [6.45, 7) is 6.05. The van der Waals surface area contributed by atoms with E-state index in [-0.39, 0.29) is 5.63 Å². The van der Waals surface area contributed by atoms with E-state index in [2.05, 4.69) is 47.5 Å². The van der Waals surface area contributed by atoms with Gasteiger partial charge in [0, 0.05) is 28.5 Å². The van der Waals surface area contributed by atoms with Crippen molar-refractivity contribution in [2.75, 3.05) is 7.11 Å². The molecule has 176 valence electrons. The first kappa shape index (κ1) is 22.9. The molecule has 0 saturated heterocycles. The molecule has 0 amide bonds. The number of methoxy groups -OCH3 is 1. The maximum absolute atomic E-state index is 12.3. The van der Waals surface area contributed by atoms with E-state index in [0.29, 0.717) is 11.3 Å². The van der Waals surface area contributed by atoms with Crippen molar-refractivity contribution in [1.82, 2.24) is 14.8 Å². The number of rotatable bonds is 6. The van der Waals surface area contributed by atoms with Crippen LogP contribution in [0.1, 0.15) is 22.3 Å². The van der Waals surface area contributed by atoms with Crippen LogP contribution in [0, 0.1) is 20.8 Å². The Hall–Kier alpha value is -3.84. The smallest absolute Gasteiger partial charge is 0.336 e. The third-order valence-electron chi connectivity index (χ3n) is 6.13. The highest BCUT2D eigenvalue weighted by atomic mass is 32.2. The predicted molar refractivity (Wildman–Crippen MR) is 140 cm³/mol. The topological polar surface area (TPSA) is 70.2 Å². The van der Waals surface area contributed by atoms with Crippen LogP contribution in [0.5, 0.6) is 5.75 Å². The molecule has 0 atom stereocenters. The molecule has 0 saturated carbocycles. The number of aryl methyl sites for hydroxylation is 3. The molecule has 0 N–H and O–H groups in total. The lowest BCUT2D eigenvalue weighted by atomic mass is 10.0. The maximum Gasteiger partial charge on any atom is 0.336 e. The van der Waals surface area contributed by atoms with Crippen molar-refractivity contribution in [1.29, 1.82) is 0 Å². The van der Waals surface area contributed by atoms with Crippen LogP contribution in [0.4, 0.5) is 0 Å². The summed E-state index contributed by atoms with van der Waals surface area (Å²) < 4.78 is 13.0. The van der Waals surface area contributed by atoms with Gasteiger partial charge < -0.3 is 9.15 Å². The van der Waals surface area contributed by atoms with Crippen molar-refractivity contribution in [3.63, 3.8) is 0 Å². The van der Waals surface area contributed by atoms with Crippen molar-refractivity contribution in [3.8, 4) is 22.8 Å². The fourth-order valence-corrected chi connectivity index (χ4v) is 4.97. The van der Waals surface area contributed by atoms with E-state index < -0.39 is 0 Å². The third-order valence-corrected chi connectivity index (χ3v) is 7.11. The first-order chi connectivity index (χ1) is 16.9. The van der Waals surface area contributed by atoms with Crippen LogP contribution in [0.3, 0.4) is 0 Å². The summed E-state index contributed by atoms with van der Waals surface area (Å²) in [6, 6.07) is 21.7. The summed E-state index contributed by atoms with van der Waals surface area (Å²) in [5, 5.41) is 10.7. The lowest BCUT2D eigenvalue weighted by Crippen LogP contribution is -2.03. The average Bonchev–Trinajstić information content (AvgIpc) is 3.29. The Morgan fingerprint density at radius 3 is 2.54 bits per heavy atom. The summed E-state index contributed by atoms with van der Waals surface area (Å²) in [5.41, 5.74) is 6.31. The van der Waals surface area contributed by atoms with Crippen molar-refractivity contribution in [2.45, 2.75) is 31.7 Å². The SMILES string of the molecule is COc1cccc(-c2nnc(SCc3cc(=O)oc4c(C)c(C)ccc34)n2-c2ccc(C)cc2)c1. The van der Waals surface area contributed by atoms with Gasteiger partial charge in [-0.2, -0.15) is 0 Å². The van der Waals surface area contributed by atoms with Gasteiger partial charge in [-0.1, -0.05) is 53.7 Å². The van der Waals surface area contributed by atoms with Crippen LogP contribution in [0.15, 0.2) is 81.1 Å². The minimum atomic E-state index is -0.348. The molecule has 35 heavy (non-hydrogen) atoms. The summed E-state index contributed by atoms with van der Waals surface area (Å²) in [5.74, 6) is 2.02. The maximum atomic E-state index is 12.3. The summed E-state index contributed by atoms with van der Waals surface area (Å²) >= 11 is 1.54. The minimum absolute atomic E-state index is 0.348. The Labute approximate surface area is 207 Å². The molecule has 5 aromatic rings. The zero-order valence-corrected chi connectivity index (χ0v) is 20.8. The van der Waals surface area contributed by atoms with E-state index in [1.807, 2.05) is 48.7 Å². The molecule has 7 heteroatoms. The highest BCUT2D eigenvalue weighted by Crippen LogP contribution is 2.33. The van der Waals surface area contributed by atoms with Gasteiger partial charge >= 0.3 is 5.63 Å². The second kappa shape index (κ2) is 9.43. The normalized spacial score (nSPS) is 11.2. The molecular formula is C28H25N3O3S. The van der Waals surface area contributed by atoms with E-state index in [4.69, 9.17) is 9.15 Å². The molecular weight excluding hydrogens is 458 g/mol. The largest absolute Gasteiger partial charge is 0.497 e. The van der Waals surface area contributed by atoms with Crippen LogP contribution in [0.25, 0.3) is 28.0 Å². The summed E-state index contributed by atoms with van der Waals surface area (Å²) in [7, 11) is 1.65. The second-order valence-corrected chi connectivity index (χ2v) is 9.42. The molecule has 5 rings (SSSR count). The van der Waals surface area contributed by atoms with Gasteiger partial charge in [0.15, 0.2) is 11.0 Å². The number of hydrogen-bond acceptors (Lipinski definition) is 6. The number of thioether (sulfide) groups is 1. The predicted octanol–water partition coefficient (Wildman–Crippen LogP) is 6.27. The first-order valence-corrected chi connectivity index (χ1v) is 12.3. The van der Waals surface area contributed by atoms with Gasteiger partial charge in [-0.3, -0.25) is 4.57 Å². The molecule has 0 bridgehead atoms. The molecule has 3 aromatic carbocycles. The van der Waals surface area contributed by atoms with Crippen LogP contribution in [-0.4, -0.2) is 21.9 Å². The van der Waals surface area contributed by atoms with Crippen molar-refractivity contribution in [3.05, 3.63) is 99.4 Å². The molecule has 0 unspecified atom stereocenters. The Kier molecular flexibility index (Phi) is 6.17. The van der Waals surface area contributed by atoms with E-state index in [0.717, 1.165) is 50.1 Å². The molecule has 0 aliphatic carbocycles. The molecule has 6 nitrogen and oxygen atoms in total. The number of fused-ring (bicyclic) bond motifs is 1. The minimum Gasteiger partial charge on any atom is -0.497 e. The monoisotopic (exact) mass is 483 g/mol. The van der Waals surface area contributed by atoms with Gasteiger partial charge in [-0.05, 0) is 61.7 Å². The van der Waals surface area contributed by atoms with Crippen LogP contribution in [0.2, 0.25) is 0 Å². The number of benzene rings is 3. The van der Waals surface area contributed by atoms with E-state index in [9.17, 15) is 4.79 Å². The Morgan fingerprint density at radius 1 is 0.971 bits per heavy atom. The van der Waals surface area contributed by atoms with Gasteiger partial charge in [0.05, 0.1) is 7.11 Å². The van der Waals surface area contributed by atoms with Crippen molar-refractivity contribution >= 4 is 22.7 Å². The summed E-state index contributed by atoms with van der Waals surface area (Å²) in [4.78, 5) is 12.3. The van der Waals surface area contributed by atoms with Crippen molar-refractivity contribution < 1.29 is 9.15 Å². The highest BCUT2D eigenvalue weighted by Gasteiger charge is 2.18. The second-order valence-electron chi connectivity index (χ2n) is 8.47. The molecule has 0 aliphatic rings. The zero-order chi connectivity index (χ0) is 24.5.